The molecule has 0 radical (unpaired) electrons. The third-order valence-corrected chi connectivity index (χ3v) is 4.47. The van der Waals surface area contributed by atoms with E-state index in [9.17, 15) is 13.2 Å². The van der Waals surface area contributed by atoms with Crippen molar-refractivity contribution in [3.05, 3.63) is 48.0 Å². The van der Waals surface area contributed by atoms with Gasteiger partial charge < -0.3 is 14.8 Å². The number of nitrogens with one attached hydrogen (secondary N) is 1. The predicted octanol–water partition coefficient (Wildman–Crippen LogP) is 2.29. The molecule has 0 bridgehead atoms. The van der Waals surface area contributed by atoms with Crippen molar-refractivity contribution in [1.82, 2.24) is 0 Å². The summed E-state index contributed by atoms with van der Waals surface area (Å²) in [5.41, 5.74) is 1.19. The lowest BCUT2D eigenvalue weighted by atomic mass is 10.1. The van der Waals surface area contributed by atoms with E-state index in [4.69, 9.17) is 9.47 Å². The van der Waals surface area contributed by atoms with Gasteiger partial charge in [0.1, 0.15) is 0 Å². The molecule has 2 rings (SSSR count). The van der Waals surface area contributed by atoms with Crippen LogP contribution in [0.25, 0.3) is 0 Å². The molecule has 0 spiro atoms. The lowest BCUT2D eigenvalue weighted by Gasteiger charge is -2.10. The van der Waals surface area contributed by atoms with Crippen molar-refractivity contribution in [1.29, 1.82) is 0 Å². The molecule has 1 amide bonds. The number of methoxy groups -OCH3 is 2. The highest BCUT2D eigenvalue weighted by Crippen LogP contribution is 2.27. The monoisotopic (exact) mass is 349 g/mol. The molecule has 6 nitrogen and oxygen atoms in total. The van der Waals surface area contributed by atoms with Gasteiger partial charge in [0.15, 0.2) is 21.3 Å². The molecule has 7 heteroatoms. The number of amides is 1. The van der Waals surface area contributed by atoms with E-state index >= 15 is 0 Å². The van der Waals surface area contributed by atoms with Crippen LogP contribution in [0.2, 0.25) is 0 Å². The number of sulfone groups is 1. The van der Waals surface area contributed by atoms with Crippen molar-refractivity contribution in [3.63, 3.8) is 0 Å². The first-order valence-electron chi connectivity index (χ1n) is 7.14. The van der Waals surface area contributed by atoms with E-state index in [1.807, 2.05) is 0 Å². The number of carbonyl (C=O) groups is 1. The molecule has 0 aliphatic carbocycles. The predicted molar refractivity (Wildman–Crippen MR) is 91.4 cm³/mol. The van der Waals surface area contributed by atoms with Crippen molar-refractivity contribution >= 4 is 21.4 Å². The summed E-state index contributed by atoms with van der Waals surface area (Å²) in [6, 6.07) is 11.4. The van der Waals surface area contributed by atoms with Gasteiger partial charge in [0, 0.05) is 11.9 Å². The van der Waals surface area contributed by atoms with Crippen LogP contribution in [0.15, 0.2) is 47.4 Å². The molecule has 2 aromatic carbocycles. The van der Waals surface area contributed by atoms with E-state index < -0.39 is 9.84 Å². The Morgan fingerprint density at radius 2 is 1.75 bits per heavy atom. The second-order valence-electron chi connectivity index (χ2n) is 5.21. The largest absolute Gasteiger partial charge is 0.493 e. The number of hydrogen-bond acceptors (Lipinski definition) is 5. The molecule has 0 aliphatic rings. The molecule has 0 aromatic heterocycles. The van der Waals surface area contributed by atoms with Crippen molar-refractivity contribution in [2.24, 2.45) is 0 Å². The van der Waals surface area contributed by atoms with Gasteiger partial charge >= 0.3 is 0 Å². The maximum absolute atomic E-state index is 12.2. The highest BCUT2D eigenvalue weighted by Gasteiger charge is 2.11. The molecule has 0 aliphatic heterocycles. The lowest BCUT2D eigenvalue weighted by Crippen LogP contribution is -2.14. The van der Waals surface area contributed by atoms with Crippen LogP contribution < -0.4 is 14.8 Å². The third kappa shape index (κ3) is 4.48. The summed E-state index contributed by atoms with van der Waals surface area (Å²) in [7, 11) is -0.252. The Morgan fingerprint density at radius 1 is 1.04 bits per heavy atom. The zero-order valence-electron chi connectivity index (χ0n) is 13.7. The number of carbonyl (C=O) groups excluding carboxylic acids is 1. The van der Waals surface area contributed by atoms with Gasteiger partial charge in [-0.1, -0.05) is 12.1 Å². The molecule has 1 N–H and O–H groups in total. The normalized spacial score (nSPS) is 11.0. The van der Waals surface area contributed by atoms with Crippen LogP contribution in [0.4, 0.5) is 5.69 Å². The van der Waals surface area contributed by atoms with Gasteiger partial charge in [-0.25, -0.2) is 8.42 Å². The maximum Gasteiger partial charge on any atom is 0.228 e. The fraction of sp³-hybridized carbons (Fsp3) is 0.235. The lowest BCUT2D eigenvalue weighted by molar-refractivity contribution is -0.115. The minimum Gasteiger partial charge on any atom is -0.493 e. The SMILES string of the molecule is COc1ccc(CC(=O)Nc2cccc(S(C)(=O)=O)c2)cc1OC. The van der Waals surface area contributed by atoms with Crippen molar-refractivity contribution in [2.75, 3.05) is 25.8 Å². The molecule has 24 heavy (non-hydrogen) atoms. The van der Waals surface area contributed by atoms with E-state index in [0.717, 1.165) is 11.8 Å². The van der Waals surface area contributed by atoms with Crippen LogP contribution in [0.5, 0.6) is 11.5 Å². The van der Waals surface area contributed by atoms with Gasteiger partial charge in [-0.05, 0) is 35.9 Å². The summed E-state index contributed by atoms with van der Waals surface area (Å²) in [5.74, 6) is 0.872. The Bertz CT molecular complexity index is 846. The first kappa shape index (κ1) is 17.8. The van der Waals surface area contributed by atoms with E-state index in [2.05, 4.69) is 5.32 Å². The molecule has 0 fully saturated rings. The van der Waals surface area contributed by atoms with Crippen LogP contribution in [0.1, 0.15) is 5.56 Å². The highest BCUT2D eigenvalue weighted by atomic mass is 32.2. The summed E-state index contributed by atoms with van der Waals surface area (Å²) in [4.78, 5) is 12.3. The summed E-state index contributed by atoms with van der Waals surface area (Å²) in [5, 5.41) is 2.69. The Hall–Kier alpha value is -2.54. The van der Waals surface area contributed by atoms with Gasteiger partial charge in [0.05, 0.1) is 25.5 Å². The average molecular weight is 349 g/mol. The number of benzene rings is 2. The number of anilines is 1. The Kier molecular flexibility index (Phi) is 5.46. The minimum atomic E-state index is -3.32. The Balaban J connectivity index is 2.11. The summed E-state index contributed by atoms with van der Waals surface area (Å²) in [6.07, 6.45) is 1.25. The second kappa shape index (κ2) is 7.35. The van der Waals surface area contributed by atoms with E-state index in [0.29, 0.717) is 17.2 Å². The van der Waals surface area contributed by atoms with Crippen LogP contribution >= 0.6 is 0 Å². The standard InChI is InChI=1S/C17H19NO5S/c1-22-15-8-7-12(9-16(15)23-2)10-17(19)18-13-5-4-6-14(11-13)24(3,20)21/h4-9,11H,10H2,1-3H3,(H,18,19). The Labute approximate surface area is 141 Å². The van der Waals surface area contributed by atoms with Gasteiger partial charge in [-0.15, -0.1) is 0 Å². The smallest absolute Gasteiger partial charge is 0.228 e. The minimum absolute atomic E-state index is 0.128. The summed E-state index contributed by atoms with van der Waals surface area (Å²) in [6.45, 7) is 0. The summed E-state index contributed by atoms with van der Waals surface area (Å²) < 4.78 is 33.5. The van der Waals surface area contributed by atoms with Crippen LogP contribution in [-0.2, 0) is 21.1 Å². The second-order valence-corrected chi connectivity index (χ2v) is 7.23. The van der Waals surface area contributed by atoms with Crippen molar-refractivity contribution in [2.45, 2.75) is 11.3 Å². The van der Waals surface area contributed by atoms with E-state index in [-0.39, 0.29) is 17.2 Å². The molecule has 0 unspecified atom stereocenters. The molecular weight excluding hydrogens is 330 g/mol. The molecular formula is C17H19NO5S. The number of ether oxygens (including phenoxy) is 2. The third-order valence-electron chi connectivity index (χ3n) is 3.36. The van der Waals surface area contributed by atoms with Crippen molar-refractivity contribution in [3.8, 4) is 11.5 Å². The molecule has 0 saturated heterocycles. The zero-order valence-corrected chi connectivity index (χ0v) is 14.5. The van der Waals surface area contributed by atoms with Crippen LogP contribution in [0.3, 0.4) is 0 Å². The van der Waals surface area contributed by atoms with Gasteiger partial charge in [0.25, 0.3) is 0 Å². The van der Waals surface area contributed by atoms with E-state index in [1.165, 1.54) is 19.2 Å². The highest BCUT2D eigenvalue weighted by molar-refractivity contribution is 7.90. The Morgan fingerprint density at radius 3 is 2.38 bits per heavy atom. The molecule has 128 valence electrons. The van der Waals surface area contributed by atoms with Gasteiger partial charge in [-0.3, -0.25) is 4.79 Å². The topological polar surface area (TPSA) is 81.7 Å². The van der Waals surface area contributed by atoms with Gasteiger partial charge in [0.2, 0.25) is 5.91 Å². The molecule has 0 heterocycles. The number of hydrogen-bond donors (Lipinski definition) is 1. The summed E-state index contributed by atoms with van der Waals surface area (Å²) >= 11 is 0. The average Bonchev–Trinajstić information content (AvgIpc) is 2.54. The number of rotatable bonds is 6. The molecule has 0 atom stereocenters. The van der Waals surface area contributed by atoms with E-state index in [1.54, 1.807) is 37.4 Å². The maximum atomic E-state index is 12.2. The fourth-order valence-corrected chi connectivity index (χ4v) is 2.85. The van der Waals surface area contributed by atoms with Crippen molar-refractivity contribution < 1.29 is 22.7 Å². The van der Waals surface area contributed by atoms with Crippen LogP contribution in [0, 0.1) is 0 Å². The first-order valence-corrected chi connectivity index (χ1v) is 9.03. The molecule has 2 aromatic rings. The van der Waals surface area contributed by atoms with Gasteiger partial charge in [-0.2, -0.15) is 0 Å². The quantitative estimate of drug-likeness (QED) is 0.865. The first-order chi connectivity index (χ1) is 11.3. The molecule has 0 saturated carbocycles. The van der Waals surface area contributed by atoms with Crippen LogP contribution in [-0.4, -0.2) is 34.8 Å². The zero-order chi connectivity index (χ0) is 17.7. The fourth-order valence-electron chi connectivity index (χ4n) is 2.19.